The van der Waals surface area contributed by atoms with Gasteiger partial charge in [0.15, 0.2) is 11.5 Å². The number of esters is 1. The monoisotopic (exact) mass is 410 g/mol. The van der Waals surface area contributed by atoms with Gasteiger partial charge in [-0.25, -0.2) is 4.79 Å². The van der Waals surface area contributed by atoms with Gasteiger partial charge in [-0.15, -0.1) is 0 Å². The van der Waals surface area contributed by atoms with Crippen molar-refractivity contribution in [3.05, 3.63) is 89.5 Å². The Bertz CT molecular complexity index is 941. The highest BCUT2D eigenvalue weighted by Crippen LogP contribution is 2.40. The molecule has 0 heterocycles. The van der Waals surface area contributed by atoms with Crippen LogP contribution >= 0.6 is 0 Å². The molecule has 0 spiro atoms. The molecule has 7 heteroatoms. The van der Waals surface area contributed by atoms with Gasteiger partial charge in [0.2, 0.25) is 5.75 Å². The van der Waals surface area contributed by atoms with Crippen LogP contribution in [0.2, 0.25) is 0 Å². The van der Waals surface area contributed by atoms with Gasteiger partial charge < -0.3 is 24.4 Å². The van der Waals surface area contributed by atoms with Gasteiger partial charge >= 0.3 is 5.97 Å². The fraction of sp³-hybridized carbons (Fsp3) is 0.130. The minimum absolute atomic E-state index is 0.0209. The Morgan fingerprint density at radius 3 is 1.87 bits per heavy atom. The Kier molecular flexibility index (Phi) is 8.73. The molecule has 0 aliphatic rings. The van der Waals surface area contributed by atoms with E-state index in [2.05, 4.69) is 0 Å². The van der Waals surface area contributed by atoms with Crippen LogP contribution < -0.4 is 9.47 Å². The van der Waals surface area contributed by atoms with Gasteiger partial charge in [-0.3, -0.25) is 4.79 Å². The molecule has 0 radical (unpaired) electrons. The summed E-state index contributed by atoms with van der Waals surface area (Å²) in [6.07, 6.45) is 0. The Morgan fingerprint density at radius 2 is 1.37 bits per heavy atom. The van der Waals surface area contributed by atoms with E-state index in [0.717, 1.165) is 11.1 Å². The molecular weight excluding hydrogens is 388 g/mol. The molecule has 0 aliphatic heterocycles. The lowest BCUT2D eigenvalue weighted by molar-refractivity contribution is -0.122. The van der Waals surface area contributed by atoms with Crippen molar-refractivity contribution < 1.29 is 34.0 Å². The van der Waals surface area contributed by atoms with Crippen molar-refractivity contribution in [2.75, 3.05) is 7.11 Å². The minimum atomic E-state index is -0.647. The molecule has 0 unspecified atom stereocenters. The molecule has 0 amide bonds. The quantitative estimate of drug-likeness (QED) is 0.448. The van der Waals surface area contributed by atoms with Gasteiger partial charge in [0, 0.05) is 0 Å². The van der Waals surface area contributed by atoms with E-state index in [-0.39, 0.29) is 30.1 Å². The van der Waals surface area contributed by atoms with Crippen molar-refractivity contribution >= 4 is 12.4 Å². The summed E-state index contributed by atoms with van der Waals surface area (Å²) in [6.45, 7) is 0.278. The molecule has 156 valence electrons. The highest BCUT2D eigenvalue weighted by Gasteiger charge is 2.21. The standard InChI is InChI=1S/C22H20O5.CH2O2/c1-25-22(24)18-12-13-19(26-14-16-8-4-2-5-9-16)21(20(18)23)27-15-17-10-6-3-7-11-17;2-1-3/h2-13,23H,14-15H2,1H3;1H,(H,2,3). The van der Waals surface area contributed by atoms with Crippen LogP contribution in [0, 0.1) is 0 Å². The van der Waals surface area contributed by atoms with Gasteiger partial charge in [-0.1, -0.05) is 60.7 Å². The lowest BCUT2D eigenvalue weighted by atomic mass is 10.1. The second-order valence-electron chi connectivity index (χ2n) is 5.93. The Balaban J connectivity index is 0.00000101. The molecule has 0 atom stereocenters. The number of methoxy groups -OCH3 is 1. The summed E-state index contributed by atoms with van der Waals surface area (Å²) in [5, 5.41) is 17.4. The van der Waals surface area contributed by atoms with Crippen LogP contribution in [0.3, 0.4) is 0 Å². The zero-order valence-corrected chi connectivity index (χ0v) is 16.4. The van der Waals surface area contributed by atoms with E-state index < -0.39 is 5.97 Å². The smallest absolute Gasteiger partial charge is 0.341 e. The first-order valence-corrected chi connectivity index (χ1v) is 8.96. The van der Waals surface area contributed by atoms with E-state index in [1.165, 1.54) is 13.2 Å². The van der Waals surface area contributed by atoms with Crippen molar-refractivity contribution in [3.8, 4) is 17.2 Å². The number of carbonyl (C=O) groups is 2. The molecule has 0 saturated carbocycles. The number of aromatic hydroxyl groups is 1. The van der Waals surface area contributed by atoms with Gasteiger partial charge in [0.25, 0.3) is 6.47 Å². The zero-order valence-electron chi connectivity index (χ0n) is 16.4. The molecule has 3 aromatic carbocycles. The van der Waals surface area contributed by atoms with Crippen molar-refractivity contribution in [1.82, 2.24) is 0 Å². The van der Waals surface area contributed by atoms with E-state index in [1.807, 2.05) is 60.7 Å². The predicted molar refractivity (Wildman–Crippen MR) is 110 cm³/mol. The molecule has 2 N–H and O–H groups in total. The van der Waals surface area contributed by atoms with Crippen molar-refractivity contribution in [2.24, 2.45) is 0 Å². The first-order chi connectivity index (χ1) is 14.6. The van der Waals surface area contributed by atoms with Crippen molar-refractivity contribution in [2.45, 2.75) is 13.2 Å². The third-order valence-corrected chi connectivity index (χ3v) is 3.96. The highest BCUT2D eigenvalue weighted by atomic mass is 16.5. The fourth-order valence-corrected chi connectivity index (χ4v) is 2.55. The second-order valence-corrected chi connectivity index (χ2v) is 5.93. The number of carboxylic acid groups (broad SMARTS) is 1. The maximum atomic E-state index is 11.9. The third kappa shape index (κ3) is 6.27. The molecule has 30 heavy (non-hydrogen) atoms. The van der Waals surface area contributed by atoms with Crippen LogP contribution in [0.5, 0.6) is 17.2 Å². The summed E-state index contributed by atoms with van der Waals surface area (Å²) in [6, 6.07) is 22.2. The SMILES string of the molecule is COC(=O)c1ccc(OCc2ccccc2)c(OCc2ccccc2)c1O.O=CO. The maximum Gasteiger partial charge on any atom is 0.341 e. The zero-order chi connectivity index (χ0) is 21.8. The molecule has 7 nitrogen and oxygen atoms in total. The van der Waals surface area contributed by atoms with Gasteiger partial charge in [0.05, 0.1) is 7.11 Å². The molecular formula is C23H22O7. The van der Waals surface area contributed by atoms with Gasteiger partial charge in [0.1, 0.15) is 18.8 Å². The summed E-state index contributed by atoms with van der Waals surface area (Å²) in [4.78, 5) is 20.2. The number of hydrogen-bond acceptors (Lipinski definition) is 6. The van der Waals surface area contributed by atoms with Crippen LogP contribution in [-0.4, -0.2) is 29.8 Å². The van der Waals surface area contributed by atoms with Crippen molar-refractivity contribution in [1.29, 1.82) is 0 Å². The third-order valence-electron chi connectivity index (χ3n) is 3.96. The van der Waals surface area contributed by atoms with Crippen LogP contribution in [0.4, 0.5) is 0 Å². The second kappa shape index (κ2) is 11.8. The van der Waals surface area contributed by atoms with Crippen LogP contribution in [0.15, 0.2) is 72.8 Å². The average molecular weight is 410 g/mol. The maximum absolute atomic E-state index is 11.9. The largest absolute Gasteiger partial charge is 0.504 e. The number of phenolic OH excluding ortho intramolecular Hbond substituents is 1. The molecule has 0 aliphatic carbocycles. The summed E-state index contributed by atoms with van der Waals surface area (Å²) < 4.78 is 16.3. The topological polar surface area (TPSA) is 102 Å². The molecule has 0 bridgehead atoms. The number of hydrogen-bond donors (Lipinski definition) is 2. The lowest BCUT2D eigenvalue weighted by Gasteiger charge is -2.16. The number of rotatable bonds is 7. The van der Waals surface area contributed by atoms with Gasteiger partial charge in [-0.2, -0.15) is 0 Å². The van der Waals surface area contributed by atoms with Crippen molar-refractivity contribution in [3.63, 3.8) is 0 Å². The number of carbonyl (C=O) groups excluding carboxylic acids is 1. The van der Waals surface area contributed by atoms with E-state index in [1.54, 1.807) is 6.07 Å². The number of benzene rings is 3. The molecule has 0 fully saturated rings. The van der Waals surface area contributed by atoms with E-state index in [9.17, 15) is 9.90 Å². The summed E-state index contributed by atoms with van der Waals surface area (Å²) in [5.74, 6) is -0.493. The van der Waals surface area contributed by atoms with Crippen LogP contribution in [0.1, 0.15) is 21.5 Å². The number of ether oxygens (including phenoxy) is 3. The summed E-state index contributed by atoms with van der Waals surface area (Å²) >= 11 is 0. The fourth-order valence-electron chi connectivity index (χ4n) is 2.55. The normalized spacial score (nSPS) is 9.63. The average Bonchev–Trinajstić information content (AvgIpc) is 2.78. The molecule has 3 rings (SSSR count). The summed E-state index contributed by atoms with van der Waals surface area (Å²) in [7, 11) is 1.26. The first-order valence-electron chi connectivity index (χ1n) is 8.96. The Hall–Kier alpha value is -4.00. The van der Waals surface area contributed by atoms with E-state index in [4.69, 9.17) is 24.1 Å². The Morgan fingerprint density at radius 1 is 0.867 bits per heavy atom. The predicted octanol–water partition coefficient (Wildman–Crippen LogP) is 4.04. The van der Waals surface area contributed by atoms with E-state index >= 15 is 0 Å². The molecule has 0 aromatic heterocycles. The first kappa shape index (κ1) is 22.3. The molecule has 3 aromatic rings. The highest BCUT2D eigenvalue weighted by molar-refractivity contribution is 5.93. The Labute approximate surface area is 174 Å². The molecule has 0 saturated heterocycles. The van der Waals surface area contributed by atoms with Gasteiger partial charge in [-0.05, 0) is 23.3 Å². The van der Waals surface area contributed by atoms with E-state index in [0.29, 0.717) is 12.4 Å². The summed E-state index contributed by atoms with van der Waals surface area (Å²) in [5.41, 5.74) is 1.92. The minimum Gasteiger partial charge on any atom is -0.504 e. The number of phenols is 1. The van der Waals surface area contributed by atoms with Crippen LogP contribution in [-0.2, 0) is 22.7 Å². The van der Waals surface area contributed by atoms with Crippen LogP contribution in [0.25, 0.3) is 0 Å². The lowest BCUT2D eigenvalue weighted by Crippen LogP contribution is -2.06.